The van der Waals surface area contributed by atoms with E-state index in [0.717, 1.165) is 21.4 Å². The Morgan fingerprint density at radius 1 is 0.208 bits per heavy atom. The molecule has 0 aliphatic carbocycles. The zero-order valence-corrected chi connectivity index (χ0v) is 53.0. The van der Waals surface area contributed by atoms with Crippen LogP contribution >= 0.6 is 205 Å². The summed E-state index contributed by atoms with van der Waals surface area (Å²) < 4.78 is 41.4. The maximum Gasteiger partial charge on any atom is 0.331 e. The Labute approximate surface area is 523 Å². The third-order valence-electron chi connectivity index (χ3n) is 8.44. The van der Waals surface area contributed by atoms with Crippen molar-refractivity contribution < 1.29 is 28.4 Å². The van der Waals surface area contributed by atoms with Crippen LogP contribution < -0.4 is 28.4 Å². The Balaban J connectivity index is 0.000000173. The van der Waals surface area contributed by atoms with Crippen LogP contribution in [0.4, 0.5) is 0 Å². The Morgan fingerprint density at radius 3 is 0.431 bits per heavy atom. The van der Waals surface area contributed by atoms with E-state index in [9.17, 15) is 0 Å². The van der Waals surface area contributed by atoms with Crippen molar-refractivity contribution >= 4 is 205 Å². The molecular formula is C48H24Cl6I6N6O6. The summed E-state index contributed by atoms with van der Waals surface area (Å²) >= 11 is 47.4. The lowest BCUT2D eigenvalue weighted by Crippen LogP contribution is -2.01. The van der Waals surface area contributed by atoms with E-state index in [1.807, 2.05) is 146 Å². The van der Waals surface area contributed by atoms with Crippen molar-refractivity contribution in [2.75, 3.05) is 0 Å². The third kappa shape index (κ3) is 17.8. The van der Waals surface area contributed by atoms with Gasteiger partial charge in [0.25, 0.3) is 0 Å². The van der Waals surface area contributed by atoms with Crippen molar-refractivity contribution in [3.8, 4) is 70.6 Å². The molecule has 9 aromatic rings. The maximum atomic E-state index is 5.80. The Kier molecular flexibility index (Phi) is 22.3. The molecule has 0 bridgehead atoms. The van der Waals surface area contributed by atoms with E-state index in [1.165, 1.54) is 0 Å². The summed E-state index contributed by atoms with van der Waals surface area (Å²) in [5.74, 6) is 3.59. The van der Waals surface area contributed by atoms with Crippen molar-refractivity contribution in [3.63, 3.8) is 0 Å². The molecule has 2 heterocycles. The Hall–Kier alpha value is -2.52. The van der Waals surface area contributed by atoms with Crippen molar-refractivity contribution in [2.24, 2.45) is 0 Å². The first-order chi connectivity index (χ1) is 34.5. The predicted molar refractivity (Wildman–Crippen MR) is 332 cm³/mol. The topological polar surface area (TPSA) is 133 Å². The lowest BCUT2D eigenvalue weighted by atomic mass is 10.3. The standard InChI is InChI=1S/2C21H12I3N3O3.C6Cl6/c2*22-13-1-7-16(8-2-13)28-19-25-20(29-17-9-3-14(23)4-10-17)27-21(26-19)30-18-11-5-15(24)6-12-18;7-1-2(8)4(10)6(12)5(11)3(1)9/h2*1-12H;. The molecule has 12 nitrogen and oxygen atoms in total. The monoisotopic (exact) mass is 1750 g/mol. The minimum absolute atomic E-state index is 0.0761. The van der Waals surface area contributed by atoms with Crippen molar-refractivity contribution in [2.45, 2.75) is 0 Å². The fourth-order valence-corrected chi connectivity index (χ4v) is 8.72. The molecule has 0 saturated heterocycles. The number of halogens is 12. The Morgan fingerprint density at radius 2 is 0.319 bits per heavy atom. The first-order valence-corrected chi connectivity index (χ1v) is 28.6. The van der Waals surface area contributed by atoms with Crippen LogP contribution in [0.15, 0.2) is 146 Å². The van der Waals surface area contributed by atoms with E-state index in [1.54, 1.807) is 0 Å². The second-order valence-corrected chi connectivity index (χ2v) is 23.3. The zero-order valence-electron chi connectivity index (χ0n) is 35.5. The summed E-state index contributed by atoms with van der Waals surface area (Å²) in [6.45, 7) is 0. The van der Waals surface area contributed by atoms with Gasteiger partial charge in [0.15, 0.2) is 0 Å². The predicted octanol–water partition coefficient (Wildman–Crippen LogP) is 19.7. The van der Waals surface area contributed by atoms with Gasteiger partial charge in [0, 0.05) is 21.4 Å². The van der Waals surface area contributed by atoms with Crippen LogP contribution in [-0.2, 0) is 0 Å². The molecule has 0 radical (unpaired) electrons. The van der Waals surface area contributed by atoms with E-state index in [2.05, 4.69) is 165 Å². The van der Waals surface area contributed by atoms with Gasteiger partial charge in [-0.05, 0) is 281 Å². The number of hydrogen-bond donors (Lipinski definition) is 0. The van der Waals surface area contributed by atoms with Crippen LogP contribution in [0.2, 0.25) is 30.1 Å². The lowest BCUT2D eigenvalue weighted by Gasteiger charge is -2.10. The molecule has 0 fully saturated rings. The van der Waals surface area contributed by atoms with E-state index in [-0.39, 0.29) is 66.2 Å². The number of benzene rings is 7. The smallest absolute Gasteiger partial charge is 0.331 e. The summed E-state index contributed by atoms with van der Waals surface area (Å²) in [5, 5.41) is 0.654. The highest BCUT2D eigenvalue weighted by molar-refractivity contribution is 14.1. The van der Waals surface area contributed by atoms with E-state index >= 15 is 0 Å². The van der Waals surface area contributed by atoms with Crippen LogP contribution in [0.3, 0.4) is 0 Å². The van der Waals surface area contributed by atoms with Crippen LogP contribution in [0.5, 0.6) is 70.6 Å². The average molecular weight is 1750 g/mol. The molecule has 72 heavy (non-hydrogen) atoms. The summed E-state index contributed by atoms with van der Waals surface area (Å²) in [4.78, 5) is 25.6. The molecule has 7 aromatic carbocycles. The number of nitrogens with zero attached hydrogens (tertiary/aromatic N) is 6. The second-order valence-electron chi connectivity index (χ2n) is 13.6. The molecule has 9 rings (SSSR count). The van der Waals surface area contributed by atoms with Gasteiger partial charge in [-0.2, -0.15) is 0 Å². The van der Waals surface area contributed by atoms with Crippen molar-refractivity contribution in [1.29, 1.82) is 0 Å². The summed E-state index contributed by atoms with van der Waals surface area (Å²) in [6, 6.07) is 45.7. The van der Waals surface area contributed by atoms with Gasteiger partial charge in [-0.15, -0.1) is 29.9 Å². The van der Waals surface area contributed by atoms with Crippen molar-refractivity contribution in [1.82, 2.24) is 29.9 Å². The third-order valence-corrected chi connectivity index (χ3v) is 15.6. The van der Waals surface area contributed by atoms with Crippen LogP contribution in [-0.4, -0.2) is 29.9 Å². The van der Waals surface area contributed by atoms with E-state index in [4.69, 9.17) is 98.0 Å². The molecule has 24 heteroatoms. The number of ether oxygens (including phenoxy) is 6. The largest absolute Gasteiger partial charge is 0.424 e. The van der Waals surface area contributed by atoms with Gasteiger partial charge in [-0.1, -0.05) is 69.6 Å². The highest BCUT2D eigenvalue weighted by atomic mass is 127. The van der Waals surface area contributed by atoms with Crippen molar-refractivity contribution in [3.05, 3.63) is 197 Å². The summed E-state index contributed by atoms with van der Waals surface area (Å²) in [7, 11) is 0. The SMILES string of the molecule is Clc1c(Cl)c(Cl)c(Cl)c(Cl)c1Cl.Ic1ccc(Oc2nc(Oc3ccc(I)cc3)nc(Oc3ccc(I)cc3)n2)cc1.Ic1ccc(Oc2nc(Oc3ccc(I)cc3)nc(Oc3ccc(I)cc3)n2)cc1. The van der Waals surface area contributed by atoms with Gasteiger partial charge < -0.3 is 28.4 Å². The first-order valence-electron chi connectivity index (χ1n) is 19.8. The molecule has 0 unspecified atom stereocenters. The fraction of sp³-hybridized carbons (Fsp3) is 0. The fourth-order valence-electron chi connectivity index (χ4n) is 5.14. The molecule has 0 amide bonds. The van der Waals surface area contributed by atoms with Crippen LogP contribution in [0.1, 0.15) is 0 Å². The van der Waals surface area contributed by atoms with Gasteiger partial charge in [0.2, 0.25) is 0 Å². The van der Waals surface area contributed by atoms with Gasteiger partial charge in [-0.3, -0.25) is 0 Å². The normalized spacial score (nSPS) is 10.5. The van der Waals surface area contributed by atoms with E-state index in [0.29, 0.717) is 34.5 Å². The summed E-state index contributed by atoms with van der Waals surface area (Å²) in [6.07, 6.45) is 0. The quantitative estimate of drug-likeness (QED) is 0.0655. The first kappa shape index (κ1) is 57.2. The van der Waals surface area contributed by atoms with Gasteiger partial charge in [-0.25, -0.2) is 0 Å². The molecule has 0 spiro atoms. The molecule has 0 atom stereocenters. The van der Waals surface area contributed by atoms with Gasteiger partial charge in [0.05, 0.1) is 30.1 Å². The van der Waals surface area contributed by atoms with E-state index < -0.39 is 0 Å². The molecule has 0 N–H and O–H groups in total. The molecule has 0 aliphatic heterocycles. The molecule has 366 valence electrons. The number of hydrogen-bond acceptors (Lipinski definition) is 12. The van der Waals surface area contributed by atoms with Gasteiger partial charge >= 0.3 is 36.1 Å². The molecule has 0 aliphatic rings. The van der Waals surface area contributed by atoms with Crippen LogP contribution in [0.25, 0.3) is 0 Å². The lowest BCUT2D eigenvalue weighted by molar-refractivity contribution is 0.361. The molecule has 2 aromatic heterocycles. The maximum absolute atomic E-state index is 5.80. The average Bonchev–Trinajstić information content (AvgIpc) is 3.37. The van der Waals surface area contributed by atoms with Gasteiger partial charge in [0.1, 0.15) is 34.5 Å². The minimum Gasteiger partial charge on any atom is -0.424 e. The minimum atomic E-state index is 0.0761. The highest BCUT2D eigenvalue weighted by Crippen LogP contribution is 2.46. The number of rotatable bonds is 12. The highest BCUT2D eigenvalue weighted by Gasteiger charge is 2.18. The summed E-state index contributed by atoms with van der Waals surface area (Å²) in [5.41, 5.74) is 0. The Bertz CT molecular complexity index is 2670. The number of aromatic nitrogens is 6. The zero-order chi connectivity index (χ0) is 51.3. The second kappa shape index (κ2) is 28.0. The molecule has 0 saturated carbocycles. The molecular weight excluding hydrogens is 1730 g/mol. The van der Waals surface area contributed by atoms with Crippen LogP contribution in [0, 0.1) is 21.4 Å².